The number of fused-ring (bicyclic) bond motifs is 1. The van der Waals surface area contributed by atoms with Crippen LogP contribution >= 0.6 is 11.6 Å². The molecule has 0 spiro atoms. The monoisotopic (exact) mass is 424 g/mol. The molecule has 0 aliphatic carbocycles. The van der Waals surface area contributed by atoms with E-state index in [4.69, 9.17) is 16.3 Å². The number of hydrogen-bond donors (Lipinski definition) is 1. The Bertz CT molecular complexity index is 950. The molecule has 3 rings (SSSR count). The summed E-state index contributed by atoms with van der Waals surface area (Å²) in [5.41, 5.74) is 1.80. The lowest BCUT2D eigenvalue weighted by molar-refractivity contribution is -0.0242. The second-order valence-electron chi connectivity index (χ2n) is 6.70. The van der Waals surface area contributed by atoms with E-state index in [0.29, 0.717) is 23.2 Å². The topological polar surface area (TPSA) is 84.4 Å². The van der Waals surface area contributed by atoms with E-state index in [1.807, 2.05) is 0 Å². The van der Waals surface area contributed by atoms with Gasteiger partial charge in [-0.2, -0.15) is 0 Å². The summed E-state index contributed by atoms with van der Waals surface area (Å²) in [5.74, 6) is -3.68. The van der Waals surface area contributed by atoms with Gasteiger partial charge in [0.25, 0.3) is 17.7 Å². The molecule has 10 heteroatoms. The number of ether oxygens (including phenoxy) is 1. The van der Waals surface area contributed by atoms with Crippen LogP contribution in [-0.2, 0) is 13.1 Å². The molecule has 1 N–H and O–H groups in total. The first kappa shape index (κ1) is 20.9. The molecule has 3 heterocycles. The second-order valence-corrected chi connectivity index (χ2v) is 7.10. The van der Waals surface area contributed by atoms with Crippen LogP contribution in [0.2, 0.25) is 5.02 Å². The largest absolute Gasteiger partial charge is 0.470 e. The fraction of sp³-hybridized carbons (Fsp3) is 0.368. The van der Waals surface area contributed by atoms with Gasteiger partial charge in [-0.1, -0.05) is 11.6 Å². The van der Waals surface area contributed by atoms with Crippen molar-refractivity contribution in [3.8, 4) is 5.88 Å². The minimum Gasteiger partial charge on any atom is -0.470 e. The van der Waals surface area contributed by atoms with E-state index < -0.39 is 12.5 Å². The van der Waals surface area contributed by atoms with Crippen LogP contribution < -0.4 is 10.1 Å². The Morgan fingerprint density at radius 1 is 1.41 bits per heavy atom. The third-order valence-electron chi connectivity index (χ3n) is 4.17. The first-order valence-electron chi connectivity index (χ1n) is 8.90. The summed E-state index contributed by atoms with van der Waals surface area (Å²) >= 11 is 6.07. The highest BCUT2D eigenvalue weighted by Crippen LogP contribution is 2.29. The minimum absolute atomic E-state index is 0.0700. The number of alkyl halides is 2. The summed E-state index contributed by atoms with van der Waals surface area (Å²) in [5, 5.41) is 2.75. The molecule has 0 saturated carbocycles. The third-order valence-corrected chi connectivity index (χ3v) is 4.45. The van der Waals surface area contributed by atoms with Crippen molar-refractivity contribution in [3.05, 3.63) is 51.9 Å². The number of rotatable bonds is 7. The van der Waals surface area contributed by atoms with E-state index in [2.05, 4.69) is 15.3 Å². The number of aromatic nitrogens is 2. The van der Waals surface area contributed by atoms with Gasteiger partial charge in [0, 0.05) is 50.1 Å². The number of pyridine rings is 2. The van der Waals surface area contributed by atoms with Crippen molar-refractivity contribution in [2.75, 3.05) is 13.2 Å². The fourth-order valence-electron chi connectivity index (χ4n) is 2.93. The smallest absolute Gasteiger partial charge is 0.278 e. The van der Waals surface area contributed by atoms with E-state index in [0.717, 1.165) is 6.92 Å². The third kappa shape index (κ3) is 4.79. The predicted octanol–water partition coefficient (Wildman–Crippen LogP) is 3.07. The molecule has 2 amide bonds. The van der Waals surface area contributed by atoms with Gasteiger partial charge >= 0.3 is 0 Å². The summed E-state index contributed by atoms with van der Waals surface area (Å²) in [4.78, 5) is 34.5. The number of amides is 2. The lowest BCUT2D eigenvalue weighted by Crippen LogP contribution is -2.25. The maximum atomic E-state index is 12.9. The van der Waals surface area contributed by atoms with E-state index in [1.54, 1.807) is 13.0 Å². The van der Waals surface area contributed by atoms with Crippen molar-refractivity contribution >= 4 is 23.4 Å². The molecule has 0 fully saturated rings. The van der Waals surface area contributed by atoms with Gasteiger partial charge in [-0.3, -0.25) is 14.6 Å². The van der Waals surface area contributed by atoms with Gasteiger partial charge in [-0.25, -0.2) is 13.8 Å². The van der Waals surface area contributed by atoms with Crippen LogP contribution in [0.5, 0.6) is 5.88 Å². The molecule has 0 bridgehead atoms. The molecule has 0 saturated heterocycles. The Balaban J connectivity index is 1.74. The van der Waals surface area contributed by atoms with E-state index in [-0.39, 0.29) is 41.5 Å². The second kappa shape index (κ2) is 8.28. The molecule has 0 unspecified atom stereocenters. The molecule has 0 atom stereocenters. The summed E-state index contributed by atoms with van der Waals surface area (Å²) < 4.78 is 30.8. The Labute approximate surface area is 171 Å². The fourth-order valence-corrected chi connectivity index (χ4v) is 3.17. The predicted molar refractivity (Wildman–Crippen MR) is 101 cm³/mol. The van der Waals surface area contributed by atoms with Crippen LogP contribution in [0, 0.1) is 0 Å². The zero-order valence-electron chi connectivity index (χ0n) is 15.8. The number of nitrogens with one attached hydrogen (secondary N) is 1. The number of carbonyl (C=O) groups is 2. The molecular weight excluding hydrogens is 406 g/mol. The van der Waals surface area contributed by atoms with Crippen LogP contribution in [0.1, 0.15) is 45.8 Å². The standard InChI is InChI=1S/C19H19ClF2N4O3/c1-3-23-16(27)15-13-9-26(18(28)12(13)4-5-24-15)8-11-6-14(20)17(25-7-11)29-10-19(2,21)22/h4-7H,3,8-10H2,1-2H3,(H,23,27). The maximum absolute atomic E-state index is 12.9. The van der Waals surface area contributed by atoms with E-state index in [9.17, 15) is 18.4 Å². The molecular formula is C19H19ClF2N4O3. The zero-order valence-corrected chi connectivity index (χ0v) is 16.6. The van der Waals surface area contributed by atoms with Gasteiger partial charge in [0.05, 0.1) is 0 Å². The Morgan fingerprint density at radius 2 is 2.17 bits per heavy atom. The summed E-state index contributed by atoms with van der Waals surface area (Å²) in [6, 6.07) is 3.09. The highest BCUT2D eigenvalue weighted by Gasteiger charge is 2.32. The molecule has 0 aromatic carbocycles. The molecule has 154 valence electrons. The Hall–Kier alpha value is -2.81. The lowest BCUT2D eigenvalue weighted by atomic mass is 10.1. The van der Waals surface area contributed by atoms with Crippen molar-refractivity contribution in [1.82, 2.24) is 20.2 Å². The van der Waals surface area contributed by atoms with Crippen LogP contribution in [0.4, 0.5) is 8.78 Å². The summed E-state index contributed by atoms with van der Waals surface area (Å²) in [6.45, 7) is 2.53. The van der Waals surface area contributed by atoms with Crippen molar-refractivity contribution in [2.24, 2.45) is 0 Å². The number of halogens is 3. The minimum atomic E-state index is -3.01. The summed E-state index contributed by atoms with van der Waals surface area (Å²) in [6.07, 6.45) is 2.84. The normalized spacial score (nSPS) is 13.4. The molecule has 7 nitrogen and oxygen atoms in total. The van der Waals surface area contributed by atoms with Gasteiger partial charge in [-0.05, 0) is 24.6 Å². The SMILES string of the molecule is CCNC(=O)c1nccc2c1CN(Cc1cnc(OCC(C)(F)F)c(Cl)c1)C2=O. The molecule has 1 aliphatic rings. The quantitative estimate of drug-likeness (QED) is 0.738. The first-order valence-corrected chi connectivity index (χ1v) is 9.27. The van der Waals surface area contributed by atoms with Crippen LogP contribution in [0.25, 0.3) is 0 Å². The maximum Gasteiger partial charge on any atom is 0.278 e. The highest BCUT2D eigenvalue weighted by atomic mass is 35.5. The van der Waals surface area contributed by atoms with Crippen molar-refractivity contribution in [1.29, 1.82) is 0 Å². The van der Waals surface area contributed by atoms with Gasteiger partial charge < -0.3 is 15.0 Å². The van der Waals surface area contributed by atoms with E-state index >= 15 is 0 Å². The molecule has 29 heavy (non-hydrogen) atoms. The van der Waals surface area contributed by atoms with Gasteiger partial charge in [0.15, 0.2) is 6.61 Å². The Morgan fingerprint density at radius 3 is 2.83 bits per heavy atom. The number of nitrogens with zero attached hydrogens (tertiary/aromatic N) is 3. The highest BCUT2D eigenvalue weighted by molar-refractivity contribution is 6.31. The van der Waals surface area contributed by atoms with Gasteiger partial charge in [0.1, 0.15) is 10.7 Å². The average Bonchev–Trinajstić information content (AvgIpc) is 2.96. The summed E-state index contributed by atoms with van der Waals surface area (Å²) in [7, 11) is 0. The number of carbonyl (C=O) groups excluding carboxylic acids is 2. The first-order chi connectivity index (χ1) is 13.7. The van der Waals surface area contributed by atoms with Crippen molar-refractivity contribution < 1.29 is 23.1 Å². The van der Waals surface area contributed by atoms with Crippen molar-refractivity contribution in [2.45, 2.75) is 32.9 Å². The van der Waals surface area contributed by atoms with Crippen LogP contribution in [0.3, 0.4) is 0 Å². The molecule has 2 aromatic heterocycles. The van der Waals surface area contributed by atoms with E-state index in [1.165, 1.54) is 23.4 Å². The molecule has 2 aromatic rings. The van der Waals surface area contributed by atoms with Crippen molar-refractivity contribution in [3.63, 3.8) is 0 Å². The molecule has 1 aliphatic heterocycles. The van der Waals surface area contributed by atoms with Crippen LogP contribution in [-0.4, -0.2) is 45.8 Å². The van der Waals surface area contributed by atoms with Crippen LogP contribution in [0.15, 0.2) is 24.5 Å². The molecule has 0 radical (unpaired) electrons. The van der Waals surface area contributed by atoms with Gasteiger partial charge in [-0.15, -0.1) is 0 Å². The van der Waals surface area contributed by atoms with Gasteiger partial charge in [0.2, 0.25) is 5.88 Å². The lowest BCUT2D eigenvalue weighted by Gasteiger charge is -2.17. The number of hydrogen-bond acceptors (Lipinski definition) is 5. The Kier molecular flexibility index (Phi) is 5.97. The average molecular weight is 425 g/mol. The zero-order chi connectivity index (χ0) is 21.2.